The second kappa shape index (κ2) is 7.09. The van der Waals surface area contributed by atoms with Gasteiger partial charge in [-0.25, -0.2) is 0 Å². The number of alkyl halides is 3. The Balaban J connectivity index is 1.79. The van der Waals surface area contributed by atoms with Crippen LogP contribution in [0.1, 0.15) is 28.5 Å². The molecule has 0 aromatic heterocycles. The van der Waals surface area contributed by atoms with Crippen molar-refractivity contribution in [3.8, 4) is 11.5 Å². The van der Waals surface area contributed by atoms with Crippen LogP contribution in [0.5, 0.6) is 11.5 Å². The van der Waals surface area contributed by atoms with Gasteiger partial charge in [-0.1, -0.05) is 23.7 Å². The largest absolute Gasteiger partial charge is 0.489 e. The van der Waals surface area contributed by atoms with Crippen LogP contribution in [0, 0.1) is 0 Å². The predicted molar refractivity (Wildman–Crippen MR) is 97.0 cm³/mol. The maximum atomic E-state index is 13.2. The number of anilines is 1. The molecule has 2 heterocycles. The van der Waals surface area contributed by atoms with Gasteiger partial charge in [0.1, 0.15) is 12.7 Å². The number of hydrogen-bond donors (Lipinski definition) is 1. The summed E-state index contributed by atoms with van der Waals surface area (Å²) in [5.41, 5.74) is 1.02. The molecule has 2 aliphatic heterocycles. The molecule has 2 aromatic rings. The standard InChI is InChI=1S/C19H16ClF3N2O3/c20-13-8-11(9-15-16(13)28-7-3-6-27-15)17-24-14-5-2-1-4-12(14)18(26)25(17)10-19(21,22)23/h1-2,4-5,8-9,17,24H,3,6-7,10H2. The van der Waals surface area contributed by atoms with E-state index < -0.39 is 24.8 Å². The molecule has 1 N–H and O–H groups in total. The van der Waals surface area contributed by atoms with Gasteiger partial charge in [-0.3, -0.25) is 4.79 Å². The molecule has 4 rings (SSSR count). The van der Waals surface area contributed by atoms with Crippen molar-refractivity contribution in [2.24, 2.45) is 0 Å². The number of para-hydroxylation sites is 1. The van der Waals surface area contributed by atoms with Crippen molar-refractivity contribution in [1.29, 1.82) is 0 Å². The molecule has 5 nitrogen and oxygen atoms in total. The van der Waals surface area contributed by atoms with Crippen LogP contribution in [-0.4, -0.2) is 36.7 Å². The van der Waals surface area contributed by atoms with Gasteiger partial charge in [0.15, 0.2) is 11.5 Å². The lowest BCUT2D eigenvalue weighted by Crippen LogP contribution is -2.47. The molecule has 1 amide bonds. The van der Waals surface area contributed by atoms with Crippen molar-refractivity contribution >= 4 is 23.2 Å². The van der Waals surface area contributed by atoms with Crippen molar-refractivity contribution in [2.45, 2.75) is 18.8 Å². The lowest BCUT2D eigenvalue weighted by Gasteiger charge is -2.38. The third-order valence-electron chi connectivity index (χ3n) is 4.51. The Kier molecular flexibility index (Phi) is 4.74. The highest BCUT2D eigenvalue weighted by Crippen LogP contribution is 2.42. The van der Waals surface area contributed by atoms with Crippen LogP contribution in [-0.2, 0) is 0 Å². The average molecular weight is 413 g/mol. The number of carbonyl (C=O) groups excluding carboxylic acids is 1. The molecule has 0 aliphatic carbocycles. The summed E-state index contributed by atoms with van der Waals surface area (Å²) in [5.74, 6) is -0.00667. The first-order valence-corrected chi connectivity index (χ1v) is 9.03. The maximum absolute atomic E-state index is 13.2. The highest BCUT2D eigenvalue weighted by Gasteiger charge is 2.41. The molecule has 1 unspecified atom stereocenters. The molecule has 2 aliphatic rings. The fourth-order valence-electron chi connectivity index (χ4n) is 3.32. The summed E-state index contributed by atoms with van der Waals surface area (Å²) in [4.78, 5) is 13.6. The van der Waals surface area contributed by atoms with E-state index in [2.05, 4.69) is 5.32 Å². The van der Waals surface area contributed by atoms with Crippen LogP contribution >= 0.6 is 11.6 Å². The Morgan fingerprint density at radius 3 is 2.71 bits per heavy atom. The van der Waals surface area contributed by atoms with Crippen molar-refractivity contribution in [2.75, 3.05) is 25.1 Å². The number of carbonyl (C=O) groups is 1. The zero-order chi connectivity index (χ0) is 19.9. The number of nitrogens with zero attached hydrogens (tertiary/aromatic N) is 1. The van der Waals surface area contributed by atoms with Gasteiger partial charge in [0.2, 0.25) is 0 Å². The Morgan fingerprint density at radius 1 is 1.18 bits per heavy atom. The van der Waals surface area contributed by atoms with Crippen LogP contribution in [0.2, 0.25) is 5.02 Å². The molecule has 1 atom stereocenters. The van der Waals surface area contributed by atoms with Crippen molar-refractivity contribution in [3.63, 3.8) is 0 Å². The Bertz CT molecular complexity index is 920. The molecule has 148 valence electrons. The first-order valence-electron chi connectivity index (χ1n) is 8.66. The topological polar surface area (TPSA) is 50.8 Å². The van der Waals surface area contributed by atoms with Gasteiger partial charge < -0.3 is 19.7 Å². The summed E-state index contributed by atoms with van der Waals surface area (Å²) >= 11 is 6.30. The zero-order valence-corrected chi connectivity index (χ0v) is 15.3. The van der Waals surface area contributed by atoms with Gasteiger partial charge in [0.05, 0.1) is 23.8 Å². The van der Waals surface area contributed by atoms with E-state index in [1.54, 1.807) is 24.3 Å². The van der Waals surface area contributed by atoms with Gasteiger partial charge in [0, 0.05) is 17.7 Å². The summed E-state index contributed by atoms with van der Waals surface area (Å²) in [5, 5.41) is 3.23. The summed E-state index contributed by atoms with van der Waals surface area (Å²) < 4.78 is 50.8. The van der Waals surface area contributed by atoms with Gasteiger partial charge >= 0.3 is 6.18 Å². The van der Waals surface area contributed by atoms with Crippen LogP contribution in [0.4, 0.5) is 18.9 Å². The molecular formula is C19H16ClF3N2O3. The number of rotatable bonds is 2. The van der Waals surface area contributed by atoms with Crippen LogP contribution in [0.3, 0.4) is 0 Å². The van der Waals surface area contributed by atoms with E-state index in [0.717, 1.165) is 4.90 Å². The second-order valence-electron chi connectivity index (χ2n) is 6.52. The SMILES string of the molecule is O=C1c2ccccc2NC(c2cc(Cl)c3c(c2)OCCCO3)N1CC(F)(F)F. The highest BCUT2D eigenvalue weighted by atomic mass is 35.5. The van der Waals surface area contributed by atoms with Gasteiger partial charge in [-0.2, -0.15) is 13.2 Å². The molecule has 0 saturated carbocycles. The highest BCUT2D eigenvalue weighted by molar-refractivity contribution is 6.32. The van der Waals surface area contributed by atoms with Crippen LogP contribution in [0.25, 0.3) is 0 Å². The van der Waals surface area contributed by atoms with Crippen molar-refractivity contribution in [1.82, 2.24) is 4.90 Å². The number of fused-ring (bicyclic) bond motifs is 2. The van der Waals surface area contributed by atoms with E-state index in [0.29, 0.717) is 42.4 Å². The van der Waals surface area contributed by atoms with E-state index in [1.165, 1.54) is 12.1 Å². The molecule has 9 heteroatoms. The van der Waals surface area contributed by atoms with E-state index in [9.17, 15) is 18.0 Å². The Labute approximate surface area is 164 Å². The average Bonchev–Trinajstić information content (AvgIpc) is 2.89. The monoisotopic (exact) mass is 412 g/mol. The molecular weight excluding hydrogens is 397 g/mol. The number of hydrogen-bond acceptors (Lipinski definition) is 4. The number of amides is 1. The third-order valence-corrected chi connectivity index (χ3v) is 4.79. The Hall–Kier alpha value is -2.61. The zero-order valence-electron chi connectivity index (χ0n) is 14.6. The van der Waals surface area contributed by atoms with E-state index in [4.69, 9.17) is 21.1 Å². The predicted octanol–water partition coefficient (Wildman–Crippen LogP) is 4.63. The fraction of sp³-hybridized carbons (Fsp3) is 0.316. The first-order chi connectivity index (χ1) is 13.3. The lowest BCUT2D eigenvalue weighted by atomic mass is 10.0. The molecule has 0 fully saturated rings. The summed E-state index contributed by atoms with van der Waals surface area (Å²) in [7, 11) is 0. The molecule has 0 spiro atoms. The molecule has 2 aromatic carbocycles. The smallest absolute Gasteiger partial charge is 0.406 e. The minimum absolute atomic E-state index is 0.184. The van der Waals surface area contributed by atoms with E-state index in [1.807, 2.05) is 0 Å². The van der Waals surface area contributed by atoms with E-state index in [-0.39, 0.29) is 10.6 Å². The minimum Gasteiger partial charge on any atom is -0.489 e. The van der Waals surface area contributed by atoms with Crippen molar-refractivity contribution in [3.05, 3.63) is 52.5 Å². The van der Waals surface area contributed by atoms with Gasteiger partial charge in [-0.05, 0) is 24.3 Å². The van der Waals surface area contributed by atoms with Crippen LogP contribution in [0.15, 0.2) is 36.4 Å². The van der Waals surface area contributed by atoms with Crippen molar-refractivity contribution < 1.29 is 27.4 Å². The molecule has 0 radical (unpaired) electrons. The number of ether oxygens (including phenoxy) is 2. The molecule has 28 heavy (non-hydrogen) atoms. The summed E-state index contributed by atoms with van der Waals surface area (Å²) in [6.07, 6.45) is -4.95. The lowest BCUT2D eigenvalue weighted by molar-refractivity contribution is -0.144. The quantitative estimate of drug-likeness (QED) is 0.781. The third kappa shape index (κ3) is 3.56. The van der Waals surface area contributed by atoms with E-state index >= 15 is 0 Å². The molecule has 0 saturated heterocycles. The molecule has 0 bridgehead atoms. The Morgan fingerprint density at radius 2 is 1.93 bits per heavy atom. The second-order valence-corrected chi connectivity index (χ2v) is 6.93. The normalized spacial score (nSPS) is 18.9. The minimum atomic E-state index is -4.56. The first kappa shape index (κ1) is 18.7. The van der Waals surface area contributed by atoms with Gasteiger partial charge in [0.25, 0.3) is 5.91 Å². The number of benzene rings is 2. The summed E-state index contributed by atoms with van der Waals surface area (Å²) in [6, 6.07) is 9.51. The number of halogens is 4. The van der Waals surface area contributed by atoms with Crippen LogP contribution < -0.4 is 14.8 Å². The fourth-order valence-corrected chi connectivity index (χ4v) is 3.59. The maximum Gasteiger partial charge on any atom is 0.406 e. The van der Waals surface area contributed by atoms with Gasteiger partial charge in [-0.15, -0.1) is 0 Å². The number of nitrogens with one attached hydrogen (secondary N) is 1. The summed E-state index contributed by atoms with van der Waals surface area (Å²) in [6.45, 7) is -0.567.